The summed E-state index contributed by atoms with van der Waals surface area (Å²) in [5, 5.41) is 8.71. The summed E-state index contributed by atoms with van der Waals surface area (Å²) in [6, 6.07) is 5.54. The van der Waals surface area contributed by atoms with Crippen molar-refractivity contribution in [1.82, 2.24) is 4.90 Å². The van der Waals surface area contributed by atoms with Gasteiger partial charge in [0, 0.05) is 24.7 Å². The molecule has 0 saturated heterocycles. The number of aliphatic hydroxyl groups excluding tert-OH is 1. The normalized spacial score (nSPS) is 10.0. The summed E-state index contributed by atoms with van der Waals surface area (Å²) in [6.45, 7) is 6.65. The average Bonchev–Trinajstić information content (AvgIpc) is 2.33. The maximum atomic E-state index is 12.3. The van der Waals surface area contributed by atoms with Crippen LogP contribution in [0, 0.1) is 24.7 Å². The maximum Gasteiger partial charge on any atom is 0.253 e. The quantitative estimate of drug-likeness (QED) is 0.844. The molecule has 1 amide bonds. The third-order valence-electron chi connectivity index (χ3n) is 2.62. The zero-order chi connectivity index (χ0) is 14.4. The summed E-state index contributed by atoms with van der Waals surface area (Å²) >= 11 is 0. The van der Waals surface area contributed by atoms with E-state index in [2.05, 4.69) is 25.7 Å². The van der Waals surface area contributed by atoms with Gasteiger partial charge in [-0.15, -0.1) is 0 Å². The van der Waals surface area contributed by atoms with Crippen LogP contribution in [0.1, 0.15) is 35.3 Å². The first-order chi connectivity index (χ1) is 8.93. The average molecular weight is 259 g/mol. The molecule has 3 nitrogen and oxygen atoms in total. The fourth-order valence-corrected chi connectivity index (χ4v) is 1.97. The van der Waals surface area contributed by atoms with E-state index in [0.717, 1.165) is 17.7 Å². The van der Waals surface area contributed by atoms with Crippen LogP contribution in [0.15, 0.2) is 18.2 Å². The molecule has 0 saturated carbocycles. The fourth-order valence-electron chi connectivity index (χ4n) is 1.97. The highest BCUT2D eigenvalue weighted by Crippen LogP contribution is 2.12. The number of aliphatic hydroxyl groups is 1. The van der Waals surface area contributed by atoms with Crippen molar-refractivity contribution in [3.8, 4) is 11.8 Å². The Bertz CT molecular complexity index is 509. The Labute approximate surface area is 115 Å². The van der Waals surface area contributed by atoms with Crippen molar-refractivity contribution in [2.75, 3.05) is 20.2 Å². The second-order valence-corrected chi connectivity index (χ2v) is 5.13. The Morgan fingerprint density at radius 1 is 1.37 bits per heavy atom. The van der Waals surface area contributed by atoms with E-state index < -0.39 is 0 Å². The zero-order valence-corrected chi connectivity index (χ0v) is 12.0. The van der Waals surface area contributed by atoms with Gasteiger partial charge in [0.15, 0.2) is 0 Å². The first kappa shape index (κ1) is 15.3. The molecule has 0 unspecified atom stereocenters. The number of hydrogen-bond acceptors (Lipinski definition) is 2. The highest BCUT2D eigenvalue weighted by atomic mass is 16.2. The summed E-state index contributed by atoms with van der Waals surface area (Å²) < 4.78 is 0. The molecule has 0 aliphatic rings. The lowest BCUT2D eigenvalue weighted by Gasteiger charge is -2.19. The number of benzene rings is 1. The number of rotatable bonds is 3. The van der Waals surface area contributed by atoms with Gasteiger partial charge in [0.05, 0.1) is 0 Å². The molecule has 0 heterocycles. The summed E-state index contributed by atoms with van der Waals surface area (Å²) in [5.74, 6) is 5.88. The van der Waals surface area contributed by atoms with Gasteiger partial charge in [0.25, 0.3) is 5.91 Å². The van der Waals surface area contributed by atoms with E-state index in [4.69, 9.17) is 5.11 Å². The number of hydrogen-bond donors (Lipinski definition) is 1. The standard InChI is InChI=1S/C16H21NO2/c1-12(2)11-17(4)16(19)15-9-13(3)8-14(10-15)6-5-7-18/h8-10,12,18H,7,11H2,1-4H3. The van der Waals surface area contributed by atoms with E-state index in [1.54, 1.807) is 11.0 Å². The summed E-state index contributed by atoms with van der Waals surface area (Å²) in [4.78, 5) is 14.0. The summed E-state index contributed by atoms with van der Waals surface area (Å²) in [7, 11) is 1.81. The van der Waals surface area contributed by atoms with Gasteiger partial charge in [0.2, 0.25) is 0 Å². The van der Waals surface area contributed by atoms with Crippen LogP contribution in [-0.2, 0) is 0 Å². The highest BCUT2D eigenvalue weighted by molar-refractivity contribution is 5.94. The third kappa shape index (κ3) is 4.76. The number of aryl methyl sites for hydroxylation is 1. The molecule has 1 N–H and O–H groups in total. The van der Waals surface area contributed by atoms with E-state index in [1.807, 2.05) is 26.1 Å². The van der Waals surface area contributed by atoms with E-state index in [1.165, 1.54) is 0 Å². The number of carbonyl (C=O) groups is 1. The first-order valence-corrected chi connectivity index (χ1v) is 6.41. The molecule has 0 aromatic heterocycles. The van der Waals surface area contributed by atoms with Crippen LogP contribution in [0.2, 0.25) is 0 Å². The summed E-state index contributed by atoms with van der Waals surface area (Å²) in [6.07, 6.45) is 0. The van der Waals surface area contributed by atoms with Gasteiger partial charge in [0.1, 0.15) is 6.61 Å². The van der Waals surface area contributed by atoms with Crippen LogP contribution >= 0.6 is 0 Å². The Balaban J connectivity index is 3.00. The van der Waals surface area contributed by atoms with Crippen LogP contribution in [-0.4, -0.2) is 36.1 Å². The van der Waals surface area contributed by atoms with Crippen molar-refractivity contribution in [2.24, 2.45) is 5.92 Å². The second-order valence-electron chi connectivity index (χ2n) is 5.13. The molecule has 0 radical (unpaired) electrons. The Morgan fingerprint density at radius 3 is 2.63 bits per heavy atom. The predicted molar refractivity (Wildman–Crippen MR) is 76.9 cm³/mol. The molecule has 19 heavy (non-hydrogen) atoms. The van der Waals surface area contributed by atoms with Gasteiger partial charge >= 0.3 is 0 Å². The molecule has 0 atom stereocenters. The molecule has 0 aliphatic heterocycles. The van der Waals surface area contributed by atoms with Crippen LogP contribution < -0.4 is 0 Å². The molecule has 0 bridgehead atoms. The van der Waals surface area contributed by atoms with Crippen molar-refractivity contribution >= 4 is 5.91 Å². The van der Waals surface area contributed by atoms with Crippen molar-refractivity contribution in [2.45, 2.75) is 20.8 Å². The van der Waals surface area contributed by atoms with Gasteiger partial charge in [-0.25, -0.2) is 0 Å². The molecular weight excluding hydrogens is 238 g/mol. The number of nitrogens with zero attached hydrogens (tertiary/aromatic N) is 1. The predicted octanol–water partition coefficient (Wildman–Crippen LogP) is 2.07. The first-order valence-electron chi connectivity index (χ1n) is 6.41. The lowest BCUT2D eigenvalue weighted by Crippen LogP contribution is -2.30. The number of carbonyl (C=O) groups excluding carboxylic acids is 1. The van der Waals surface area contributed by atoms with E-state index in [9.17, 15) is 4.79 Å². The molecular formula is C16H21NO2. The second kappa shape index (κ2) is 6.96. The Hall–Kier alpha value is -1.79. The molecule has 0 spiro atoms. The van der Waals surface area contributed by atoms with Gasteiger partial charge in [-0.3, -0.25) is 4.79 Å². The van der Waals surface area contributed by atoms with Crippen molar-refractivity contribution in [3.05, 3.63) is 34.9 Å². The third-order valence-corrected chi connectivity index (χ3v) is 2.62. The molecule has 1 aromatic carbocycles. The highest BCUT2D eigenvalue weighted by Gasteiger charge is 2.13. The Morgan fingerprint density at radius 2 is 2.05 bits per heavy atom. The monoisotopic (exact) mass is 259 g/mol. The van der Waals surface area contributed by atoms with E-state index >= 15 is 0 Å². The van der Waals surface area contributed by atoms with Crippen LogP contribution in [0.4, 0.5) is 0 Å². The molecule has 102 valence electrons. The van der Waals surface area contributed by atoms with Gasteiger partial charge < -0.3 is 10.0 Å². The summed E-state index contributed by atoms with van der Waals surface area (Å²) in [5.41, 5.74) is 2.40. The van der Waals surface area contributed by atoms with Gasteiger partial charge in [-0.2, -0.15) is 0 Å². The smallest absolute Gasteiger partial charge is 0.253 e. The van der Waals surface area contributed by atoms with Crippen LogP contribution in [0.5, 0.6) is 0 Å². The minimum atomic E-state index is -0.176. The molecule has 0 aliphatic carbocycles. The lowest BCUT2D eigenvalue weighted by molar-refractivity contribution is 0.0779. The molecule has 1 rings (SSSR count). The minimum absolute atomic E-state index is 0.00412. The lowest BCUT2D eigenvalue weighted by atomic mass is 10.1. The molecule has 1 aromatic rings. The van der Waals surface area contributed by atoms with Gasteiger partial charge in [-0.05, 0) is 36.6 Å². The number of amides is 1. The van der Waals surface area contributed by atoms with Crippen LogP contribution in [0.25, 0.3) is 0 Å². The zero-order valence-electron chi connectivity index (χ0n) is 12.0. The Kier molecular flexibility index (Phi) is 5.59. The van der Waals surface area contributed by atoms with Crippen molar-refractivity contribution < 1.29 is 9.90 Å². The largest absolute Gasteiger partial charge is 0.384 e. The molecule has 0 fully saturated rings. The van der Waals surface area contributed by atoms with Gasteiger partial charge in [-0.1, -0.05) is 25.7 Å². The van der Waals surface area contributed by atoms with Crippen LogP contribution in [0.3, 0.4) is 0 Å². The minimum Gasteiger partial charge on any atom is -0.384 e. The topological polar surface area (TPSA) is 40.5 Å². The van der Waals surface area contributed by atoms with Crippen molar-refractivity contribution in [1.29, 1.82) is 0 Å². The molecule has 3 heteroatoms. The van der Waals surface area contributed by atoms with Crippen molar-refractivity contribution in [3.63, 3.8) is 0 Å². The SMILES string of the molecule is Cc1cc(C#CCO)cc(C(=O)N(C)CC(C)C)c1. The van der Waals surface area contributed by atoms with E-state index in [0.29, 0.717) is 11.5 Å². The maximum absolute atomic E-state index is 12.3. The van der Waals surface area contributed by atoms with E-state index in [-0.39, 0.29) is 12.5 Å². The fraction of sp³-hybridized carbons (Fsp3) is 0.438.